The molecule has 0 amide bonds. The van der Waals surface area contributed by atoms with Crippen molar-refractivity contribution in [2.75, 3.05) is 10.2 Å². The number of fused-ring (bicyclic) bond motifs is 6. The summed E-state index contributed by atoms with van der Waals surface area (Å²) in [5.74, 6) is 3.78. The van der Waals surface area contributed by atoms with Crippen molar-refractivity contribution in [1.82, 2.24) is 9.55 Å². The molecule has 72 heavy (non-hydrogen) atoms. The molecule has 2 aromatic heterocycles. The van der Waals surface area contributed by atoms with Crippen molar-refractivity contribution in [2.24, 2.45) is 0 Å². The summed E-state index contributed by atoms with van der Waals surface area (Å²) in [5.41, 5.74) is 11.0. The Bertz CT molecular complexity index is 3780. The zero-order valence-corrected chi connectivity index (χ0v) is 43.2. The Morgan fingerprint density at radius 1 is 0.597 bits per heavy atom. The SMILES string of the molecule is [CH2-]N(c1ccccc1Nc1[c-]c(Oc2[c-]c3c4c(c2)[Si]2(c5ccccc5Oc5ccccc52)c2cccc(c24)n3-c2cc(C(C)(C)C)ccn2)ccc1)c1c(-c2ccccc2)cccc1-c1ccccc1.[Pt]. The van der Waals surface area contributed by atoms with E-state index in [1.54, 1.807) is 0 Å². The van der Waals surface area contributed by atoms with Crippen LogP contribution in [0.1, 0.15) is 26.3 Å². The number of benzene rings is 9. The largest absolute Gasteiger partial charge is 0.509 e. The minimum absolute atomic E-state index is 0. The van der Waals surface area contributed by atoms with E-state index in [9.17, 15) is 0 Å². The van der Waals surface area contributed by atoms with Crippen LogP contribution in [0.3, 0.4) is 0 Å². The summed E-state index contributed by atoms with van der Waals surface area (Å²) < 4.78 is 16.0. The average molecular weight is 1130 g/mol. The molecular weight excluding hydrogens is 1080 g/mol. The Morgan fingerprint density at radius 3 is 1.90 bits per heavy atom. The second-order valence-corrected chi connectivity index (χ2v) is 23.0. The fraction of sp³-hybridized carbons (Fsp3) is 0.0625. The van der Waals surface area contributed by atoms with Crippen molar-refractivity contribution in [2.45, 2.75) is 26.2 Å². The summed E-state index contributed by atoms with van der Waals surface area (Å²) in [6, 6.07) is 79.6. The summed E-state index contributed by atoms with van der Waals surface area (Å²) in [7, 11) is 1.76. The zero-order valence-electron chi connectivity index (χ0n) is 39.9. The van der Waals surface area contributed by atoms with Gasteiger partial charge in [0.1, 0.15) is 17.3 Å². The molecule has 0 unspecified atom stereocenters. The van der Waals surface area contributed by atoms with E-state index in [-0.39, 0.29) is 26.5 Å². The summed E-state index contributed by atoms with van der Waals surface area (Å²) in [6.45, 7) is 6.72. The number of pyridine rings is 1. The molecule has 0 radical (unpaired) electrons. The third kappa shape index (κ3) is 7.21. The molecule has 352 valence electrons. The topological polar surface area (TPSA) is 51.6 Å². The zero-order chi connectivity index (χ0) is 47.8. The maximum Gasteiger partial charge on any atom is 0.165 e. The van der Waals surface area contributed by atoms with Crippen LogP contribution in [-0.2, 0) is 26.5 Å². The van der Waals surface area contributed by atoms with E-state index in [1.165, 1.54) is 37.1 Å². The minimum atomic E-state index is -2.98. The fourth-order valence-corrected chi connectivity index (χ4v) is 16.4. The van der Waals surface area contributed by atoms with Crippen LogP contribution in [0, 0.1) is 19.2 Å². The summed E-state index contributed by atoms with van der Waals surface area (Å²) >= 11 is 0. The number of hydrogen-bond donors (Lipinski definition) is 1. The van der Waals surface area contributed by atoms with Crippen LogP contribution in [-0.4, -0.2) is 17.6 Å². The van der Waals surface area contributed by atoms with Crippen molar-refractivity contribution >= 4 is 73.4 Å². The molecule has 2 aliphatic heterocycles. The molecule has 6 nitrogen and oxygen atoms in total. The third-order valence-electron chi connectivity index (χ3n) is 14.2. The van der Waals surface area contributed by atoms with Gasteiger partial charge in [0.25, 0.3) is 0 Å². The molecule has 0 saturated carbocycles. The summed E-state index contributed by atoms with van der Waals surface area (Å²) in [6.07, 6.45) is 1.93. The van der Waals surface area contributed by atoms with Crippen LogP contribution in [0.15, 0.2) is 212 Å². The molecule has 1 spiro atoms. The molecule has 11 aromatic rings. The van der Waals surface area contributed by atoms with E-state index in [4.69, 9.17) is 21.5 Å². The number of anilines is 4. The van der Waals surface area contributed by atoms with Crippen LogP contribution >= 0.6 is 0 Å². The quantitative estimate of drug-likeness (QED) is 0.115. The molecular formula is C64H47N4O2PtSi-3. The normalized spacial score (nSPS) is 12.8. The van der Waals surface area contributed by atoms with Gasteiger partial charge < -0.3 is 24.3 Å². The number of aromatic nitrogens is 2. The molecule has 2 aliphatic rings. The third-order valence-corrected chi connectivity index (χ3v) is 19.0. The van der Waals surface area contributed by atoms with Crippen molar-refractivity contribution in [3.8, 4) is 51.1 Å². The maximum atomic E-state index is 7.03. The van der Waals surface area contributed by atoms with Crippen LogP contribution in [0.4, 0.5) is 22.7 Å². The average Bonchev–Trinajstić information content (AvgIpc) is 3.90. The smallest absolute Gasteiger partial charge is 0.165 e. The number of rotatable bonds is 9. The Balaban J connectivity index is 0.00000530. The maximum absolute atomic E-state index is 7.03. The second kappa shape index (κ2) is 17.7. The first-order valence-corrected chi connectivity index (χ1v) is 26.0. The van der Waals surface area contributed by atoms with Gasteiger partial charge in [0.2, 0.25) is 0 Å². The van der Waals surface area contributed by atoms with Gasteiger partial charge in [-0.3, -0.25) is 7.05 Å². The molecule has 8 heteroatoms. The molecule has 0 saturated heterocycles. The van der Waals surface area contributed by atoms with E-state index in [0.717, 1.165) is 73.4 Å². The van der Waals surface area contributed by atoms with Crippen molar-refractivity contribution in [3.63, 3.8) is 0 Å². The monoisotopic (exact) mass is 1130 g/mol. The molecule has 0 aliphatic carbocycles. The van der Waals surface area contributed by atoms with Crippen LogP contribution in [0.2, 0.25) is 0 Å². The van der Waals surface area contributed by atoms with Gasteiger partial charge in [0.05, 0.1) is 5.69 Å². The number of nitrogens with one attached hydrogen (secondary N) is 1. The van der Waals surface area contributed by atoms with Gasteiger partial charge in [-0.2, -0.15) is 6.07 Å². The number of para-hydroxylation sites is 5. The van der Waals surface area contributed by atoms with Crippen LogP contribution in [0.5, 0.6) is 23.0 Å². The molecule has 9 aromatic carbocycles. The van der Waals surface area contributed by atoms with Crippen molar-refractivity contribution in [1.29, 1.82) is 0 Å². The first-order chi connectivity index (χ1) is 34.8. The van der Waals surface area contributed by atoms with Gasteiger partial charge in [-0.1, -0.05) is 172 Å². The van der Waals surface area contributed by atoms with E-state index in [2.05, 4.69) is 207 Å². The van der Waals surface area contributed by atoms with E-state index in [0.29, 0.717) is 11.5 Å². The number of ether oxygens (including phenoxy) is 2. The predicted molar refractivity (Wildman–Crippen MR) is 293 cm³/mol. The molecule has 13 rings (SSSR count). The Labute approximate surface area is 435 Å². The van der Waals surface area contributed by atoms with Gasteiger partial charge in [0, 0.05) is 66.8 Å². The summed E-state index contributed by atoms with van der Waals surface area (Å²) in [4.78, 5) is 7.08. The Hall–Kier alpha value is -7.96. The van der Waals surface area contributed by atoms with Gasteiger partial charge in [0.15, 0.2) is 8.07 Å². The van der Waals surface area contributed by atoms with Gasteiger partial charge >= 0.3 is 0 Å². The molecule has 1 N–H and O–H groups in total. The van der Waals surface area contributed by atoms with E-state index >= 15 is 0 Å². The standard InChI is InChI=1S/C64H47N4O2Si.Pt/c1-64(2,3)44-36-37-65-60(38-44)68-52-30-19-35-58-61(52)62-53(68)40-47(41-59(62)71(58)56-33-15-13-31-54(56)70-55-32-14-16-34-57(55)71)69-46-25-17-24-45(39-46)66-50-28-11-12-29-51(50)67(4)63-48(42-20-7-5-8-21-42)26-18-27-49(63)43-22-9-6-10-23-43;/h5-38,41,66H,4H2,1-3H3;/q-3;. The fourth-order valence-electron chi connectivity index (χ4n) is 11.0. The molecule has 4 heterocycles. The molecule has 0 fully saturated rings. The molecule has 0 atom stereocenters. The van der Waals surface area contributed by atoms with E-state index < -0.39 is 8.07 Å². The Kier molecular flexibility index (Phi) is 11.1. The van der Waals surface area contributed by atoms with Gasteiger partial charge in [-0.25, -0.2) is 4.98 Å². The Morgan fingerprint density at radius 2 is 1.21 bits per heavy atom. The minimum Gasteiger partial charge on any atom is -0.509 e. The first kappa shape index (κ1) is 45.2. The number of hydrogen-bond acceptors (Lipinski definition) is 5. The van der Waals surface area contributed by atoms with Crippen LogP contribution in [0.25, 0.3) is 49.9 Å². The van der Waals surface area contributed by atoms with Crippen molar-refractivity contribution in [3.05, 3.63) is 237 Å². The first-order valence-electron chi connectivity index (χ1n) is 24.0. The van der Waals surface area contributed by atoms with Crippen LogP contribution < -0.4 is 40.4 Å². The van der Waals surface area contributed by atoms with E-state index in [1.807, 2.05) is 53.6 Å². The number of nitrogens with zero attached hydrogens (tertiary/aromatic N) is 3. The molecule has 0 bridgehead atoms. The van der Waals surface area contributed by atoms with Gasteiger partial charge in [-0.15, -0.1) is 40.9 Å². The predicted octanol–water partition coefficient (Wildman–Crippen LogP) is 13.7. The second-order valence-electron chi connectivity index (χ2n) is 19.3. The van der Waals surface area contributed by atoms with Gasteiger partial charge in [-0.05, 0) is 85.5 Å². The summed E-state index contributed by atoms with van der Waals surface area (Å²) in [5, 5.41) is 11.1. The van der Waals surface area contributed by atoms with Crippen molar-refractivity contribution < 1.29 is 30.5 Å².